The second kappa shape index (κ2) is 9.41. The summed E-state index contributed by atoms with van der Waals surface area (Å²) >= 11 is 0. The van der Waals surface area contributed by atoms with E-state index in [1.165, 1.54) is 7.11 Å². The van der Waals surface area contributed by atoms with Crippen LogP contribution in [0.15, 0.2) is 60.9 Å². The van der Waals surface area contributed by atoms with Crippen LogP contribution in [0.3, 0.4) is 0 Å². The quantitative estimate of drug-likeness (QED) is 0.619. The Hall–Kier alpha value is -3.81. The molecule has 0 unspecified atom stereocenters. The first kappa shape index (κ1) is 19.9. The number of hydrogen-bond acceptors (Lipinski definition) is 7. The van der Waals surface area contributed by atoms with Crippen LogP contribution in [0.5, 0.6) is 0 Å². The summed E-state index contributed by atoms with van der Waals surface area (Å²) in [5.74, 6) is -0.163. The standard InChI is InChI=1S/C21H21N5O3/c1-26(13-10-15-8-11-22-12-9-15)20(27)18-6-7-19(25-24-18)23-17-5-3-4-16(14-17)21(28)29-2/h3-9,11-12,14H,10,13H2,1-2H3,(H,23,25). The minimum absolute atomic E-state index is 0.203. The number of nitrogens with zero attached hydrogens (tertiary/aromatic N) is 4. The van der Waals surface area contributed by atoms with Crippen LogP contribution in [0.2, 0.25) is 0 Å². The number of benzene rings is 1. The molecule has 8 heteroatoms. The van der Waals surface area contributed by atoms with Crippen LogP contribution in [-0.4, -0.2) is 52.7 Å². The number of anilines is 2. The molecule has 0 aliphatic heterocycles. The van der Waals surface area contributed by atoms with Crippen molar-refractivity contribution in [2.75, 3.05) is 26.0 Å². The molecule has 0 bridgehead atoms. The van der Waals surface area contributed by atoms with Gasteiger partial charge in [-0.3, -0.25) is 9.78 Å². The van der Waals surface area contributed by atoms with Gasteiger partial charge in [0.25, 0.3) is 5.91 Å². The SMILES string of the molecule is COC(=O)c1cccc(Nc2ccc(C(=O)N(C)CCc3ccncc3)nn2)c1. The number of carbonyl (C=O) groups is 2. The van der Waals surface area contributed by atoms with Crippen molar-refractivity contribution in [2.45, 2.75) is 6.42 Å². The Balaban J connectivity index is 1.60. The van der Waals surface area contributed by atoms with E-state index in [2.05, 4.69) is 20.5 Å². The van der Waals surface area contributed by atoms with Crippen LogP contribution in [-0.2, 0) is 11.2 Å². The Morgan fingerprint density at radius 1 is 1.07 bits per heavy atom. The highest BCUT2D eigenvalue weighted by atomic mass is 16.5. The summed E-state index contributed by atoms with van der Waals surface area (Å²) in [6, 6.07) is 14.0. The second-order valence-corrected chi connectivity index (χ2v) is 6.33. The Bertz CT molecular complexity index is 977. The van der Waals surface area contributed by atoms with Gasteiger partial charge in [0.2, 0.25) is 0 Å². The van der Waals surface area contributed by atoms with Crippen molar-refractivity contribution in [1.29, 1.82) is 0 Å². The number of esters is 1. The number of nitrogens with one attached hydrogen (secondary N) is 1. The lowest BCUT2D eigenvalue weighted by Gasteiger charge is -2.16. The maximum atomic E-state index is 12.5. The Morgan fingerprint density at radius 2 is 1.86 bits per heavy atom. The van der Waals surface area contributed by atoms with Crippen LogP contribution >= 0.6 is 0 Å². The molecular weight excluding hydrogens is 370 g/mol. The van der Waals surface area contributed by atoms with E-state index in [0.717, 1.165) is 12.0 Å². The fourth-order valence-electron chi connectivity index (χ4n) is 2.65. The average Bonchev–Trinajstić information content (AvgIpc) is 2.78. The van der Waals surface area contributed by atoms with Gasteiger partial charge in [0.1, 0.15) is 0 Å². The number of likely N-dealkylation sites (N-methyl/N-ethyl adjacent to an activating group) is 1. The first-order valence-corrected chi connectivity index (χ1v) is 9.00. The van der Waals surface area contributed by atoms with Crippen molar-refractivity contribution in [1.82, 2.24) is 20.1 Å². The van der Waals surface area contributed by atoms with Crippen molar-refractivity contribution in [2.24, 2.45) is 0 Å². The molecule has 8 nitrogen and oxygen atoms in total. The van der Waals surface area contributed by atoms with Crippen LogP contribution in [0.25, 0.3) is 0 Å². The molecule has 3 aromatic rings. The number of carbonyl (C=O) groups excluding carboxylic acids is 2. The van der Waals surface area contributed by atoms with Gasteiger partial charge in [-0.1, -0.05) is 6.07 Å². The highest BCUT2D eigenvalue weighted by molar-refractivity contribution is 5.92. The fourth-order valence-corrected chi connectivity index (χ4v) is 2.65. The Morgan fingerprint density at radius 3 is 2.55 bits per heavy atom. The van der Waals surface area contributed by atoms with E-state index in [-0.39, 0.29) is 11.6 Å². The average molecular weight is 391 g/mol. The van der Waals surface area contributed by atoms with Gasteiger partial charge >= 0.3 is 5.97 Å². The van der Waals surface area contributed by atoms with Crippen molar-refractivity contribution >= 4 is 23.4 Å². The molecule has 29 heavy (non-hydrogen) atoms. The minimum Gasteiger partial charge on any atom is -0.465 e. The molecule has 0 saturated heterocycles. The third-order valence-electron chi connectivity index (χ3n) is 4.27. The Labute approximate surface area is 168 Å². The predicted molar refractivity (Wildman–Crippen MR) is 108 cm³/mol. The summed E-state index contributed by atoms with van der Waals surface area (Å²) in [5, 5.41) is 11.1. The predicted octanol–water partition coefficient (Wildman–Crippen LogP) is 2.72. The van der Waals surface area contributed by atoms with Gasteiger partial charge in [-0.05, 0) is 54.4 Å². The summed E-state index contributed by atoms with van der Waals surface area (Å²) in [4.78, 5) is 29.7. The second-order valence-electron chi connectivity index (χ2n) is 6.33. The van der Waals surface area contributed by atoms with Gasteiger partial charge < -0.3 is 15.0 Å². The van der Waals surface area contributed by atoms with Crippen molar-refractivity contribution in [3.8, 4) is 0 Å². The summed E-state index contributed by atoms with van der Waals surface area (Å²) < 4.78 is 4.71. The van der Waals surface area contributed by atoms with Crippen LogP contribution in [0.1, 0.15) is 26.4 Å². The molecule has 1 N–H and O–H groups in total. The number of methoxy groups -OCH3 is 1. The summed E-state index contributed by atoms with van der Waals surface area (Å²) in [7, 11) is 3.06. The van der Waals surface area contributed by atoms with Crippen LogP contribution in [0, 0.1) is 0 Å². The lowest BCUT2D eigenvalue weighted by molar-refractivity contribution is 0.0600. The Kier molecular flexibility index (Phi) is 6.47. The topological polar surface area (TPSA) is 97.3 Å². The third kappa shape index (κ3) is 5.35. The number of ether oxygens (including phenoxy) is 1. The lowest BCUT2D eigenvalue weighted by atomic mass is 10.2. The molecule has 1 aromatic carbocycles. The number of rotatable bonds is 7. The first-order valence-electron chi connectivity index (χ1n) is 9.00. The van der Waals surface area contributed by atoms with Gasteiger partial charge in [0.05, 0.1) is 12.7 Å². The summed E-state index contributed by atoms with van der Waals surface area (Å²) in [5.41, 5.74) is 2.46. The summed E-state index contributed by atoms with van der Waals surface area (Å²) in [6.45, 7) is 0.560. The lowest BCUT2D eigenvalue weighted by Crippen LogP contribution is -2.29. The van der Waals surface area contributed by atoms with E-state index in [9.17, 15) is 9.59 Å². The van der Waals surface area contributed by atoms with E-state index >= 15 is 0 Å². The zero-order chi connectivity index (χ0) is 20.6. The highest BCUT2D eigenvalue weighted by Crippen LogP contribution is 2.16. The third-order valence-corrected chi connectivity index (χ3v) is 4.27. The van der Waals surface area contributed by atoms with E-state index in [1.54, 1.807) is 60.7 Å². The molecule has 148 valence electrons. The molecular formula is C21H21N5O3. The number of amides is 1. The highest BCUT2D eigenvalue weighted by Gasteiger charge is 2.14. The monoisotopic (exact) mass is 391 g/mol. The largest absolute Gasteiger partial charge is 0.465 e. The van der Waals surface area contributed by atoms with Gasteiger partial charge in [0.15, 0.2) is 11.5 Å². The summed E-state index contributed by atoms with van der Waals surface area (Å²) in [6.07, 6.45) is 4.19. The zero-order valence-corrected chi connectivity index (χ0v) is 16.2. The van der Waals surface area contributed by atoms with Gasteiger partial charge in [-0.25, -0.2) is 4.79 Å². The molecule has 0 atom stereocenters. The van der Waals surface area contributed by atoms with E-state index < -0.39 is 5.97 Å². The molecule has 2 aromatic heterocycles. The molecule has 3 rings (SSSR count). The van der Waals surface area contributed by atoms with Crippen molar-refractivity contribution in [3.63, 3.8) is 0 Å². The molecule has 0 aliphatic rings. The van der Waals surface area contributed by atoms with Gasteiger partial charge in [-0.2, -0.15) is 0 Å². The van der Waals surface area contributed by atoms with Gasteiger partial charge in [0, 0.05) is 31.7 Å². The smallest absolute Gasteiger partial charge is 0.337 e. The number of hydrogen-bond donors (Lipinski definition) is 1. The normalized spacial score (nSPS) is 10.3. The van der Waals surface area contributed by atoms with Crippen LogP contribution in [0.4, 0.5) is 11.5 Å². The molecule has 0 aliphatic carbocycles. The van der Waals surface area contributed by atoms with Crippen LogP contribution < -0.4 is 5.32 Å². The molecule has 0 spiro atoms. The fraction of sp³-hybridized carbons (Fsp3) is 0.190. The number of aromatic nitrogens is 3. The minimum atomic E-state index is -0.421. The molecule has 0 saturated carbocycles. The maximum absolute atomic E-state index is 12.5. The maximum Gasteiger partial charge on any atom is 0.337 e. The first-order chi connectivity index (χ1) is 14.1. The van der Waals surface area contributed by atoms with Gasteiger partial charge in [-0.15, -0.1) is 10.2 Å². The van der Waals surface area contributed by atoms with E-state index in [0.29, 0.717) is 23.6 Å². The zero-order valence-electron chi connectivity index (χ0n) is 16.2. The van der Waals surface area contributed by atoms with E-state index in [4.69, 9.17) is 4.74 Å². The van der Waals surface area contributed by atoms with Crippen molar-refractivity contribution < 1.29 is 14.3 Å². The number of pyridine rings is 1. The van der Waals surface area contributed by atoms with E-state index in [1.807, 2.05) is 12.1 Å². The van der Waals surface area contributed by atoms with Crippen molar-refractivity contribution in [3.05, 3.63) is 77.7 Å². The molecule has 0 fully saturated rings. The molecule has 2 heterocycles. The molecule has 0 radical (unpaired) electrons. The molecule has 1 amide bonds.